The van der Waals surface area contributed by atoms with E-state index in [1.165, 1.54) is 12.1 Å². The zero-order chi connectivity index (χ0) is 20.8. The van der Waals surface area contributed by atoms with E-state index in [0.717, 1.165) is 17.0 Å². The quantitative estimate of drug-likeness (QED) is 0.810. The molecule has 1 aliphatic rings. The minimum absolute atomic E-state index is 0.0267. The summed E-state index contributed by atoms with van der Waals surface area (Å²) < 4.78 is 19.2. The van der Waals surface area contributed by atoms with Crippen molar-refractivity contribution in [1.82, 2.24) is 4.90 Å². The molecule has 0 aliphatic carbocycles. The summed E-state index contributed by atoms with van der Waals surface area (Å²) in [6, 6.07) is 12.4. The van der Waals surface area contributed by atoms with Crippen molar-refractivity contribution in [3.63, 3.8) is 0 Å². The molecule has 0 unspecified atom stereocenters. The number of hydrogen-bond donors (Lipinski definition) is 1. The Labute approximate surface area is 170 Å². The van der Waals surface area contributed by atoms with Crippen molar-refractivity contribution >= 4 is 23.2 Å². The fraction of sp³-hybridized carbons (Fsp3) is 0.364. The summed E-state index contributed by atoms with van der Waals surface area (Å²) in [5, 5.41) is 2.53. The van der Waals surface area contributed by atoms with Crippen LogP contribution in [0.25, 0.3) is 0 Å². The van der Waals surface area contributed by atoms with Gasteiger partial charge in [0.25, 0.3) is 0 Å². The Morgan fingerprint density at radius 3 is 2.48 bits per heavy atom. The number of methoxy groups -OCH3 is 1. The highest BCUT2D eigenvalue weighted by atomic mass is 19.1. The average molecular weight is 399 g/mol. The summed E-state index contributed by atoms with van der Waals surface area (Å²) >= 11 is 0. The van der Waals surface area contributed by atoms with Crippen LogP contribution in [0.4, 0.5) is 15.8 Å². The summed E-state index contributed by atoms with van der Waals surface area (Å²) in [5.74, 6) is -0.0950. The molecule has 2 aromatic carbocycles. The lowest BCUT2D eigenvalue weighted by molar-refractivity contribution is -0.133. The number of ether oxygens (including phenoxy) is 1. The van der Waals surface area contributed by atoms with Crippen molar-refractivity contribution in [2.45, 2.75) is 19.8 Å². The van der Waals surface area contributed by atoms with Crippen molar-refractivity contribution in [2.75, 3.05) is 43.5 Å². The number of amides is 2. The van der Waals surface area contributed by atoms with E-state index in [1.54, 1.807) is 25.0 Å². The zero-order valence-electron chi connectivity index (χ0n) is 16.8. The molecule has 0 saturated carbocycles. The van der Waals surface area contributed by atoms with Gasteiger partial charge in [0.2, 0.25) is 11.8 Å². The molecule has 0 atom stereocenters. The highest BCUT2D eigenvalue weighted by Gasteiger charge is 2.23. The molecule has 29 heavy (non-hydrogen) atoms. The number of nitrogens with zero attached hydrogens (tertiary/aromatic N) is 2. The number of hydrogen-bond acceptors (Lipinski definition) is 4. The third-order valence-electron chi connectivity index (χ3n) is 5.02. The molecule has 1 saturated heterocycles. The van der Waals surface area contributed by atoms with Gasteiger partial charge >= 0.3 is 0 Å². The number of piperazine rings is 1. The lowest BCUT2D eigenvalue weighted by atomic mass is 10.2. The highest BCUT2D eigenvalue weighted by Crippen LogP contribution is 2.28. The third kappa shape index (κ3) is 5.25. The molecule has 0 bridgehead atoms. The number of halogens is 1. The third-order valence-corrected chi connectivity index (χ3v) is 5.02. The number of rotatable bonds is 6. The van der Waals surface area contributed by atoms with Crippen LogP contribution in [-0.4, -0.2) is 50.0 Å². The lowest BCUT2D eigenvalue weighted by Crippen LogP contribution is -2.49. The Bertz CT molecular complexity index is 879. The van der Waals surface area contributed by atoms with Gasteiger partial charge in [0.1, 0.15) is 11.6 Å². The van der Waals surface area contributed by atoms with Gasteiger partial charge in [0.05, 0.1) is 18.5 Å². The molecule has 6 nitrogen and oxygen atoms in total. The van der Waals surface area contributed by atoms with E-state index in [-0.39, 0.29) is 30.3 Å². The monoisotopic (exact) mass is 399 g/mol. The van der Waals surface area contributed by atoms with Crippen LogP contribution in [0.5, 0.6) is 5.75 Å². The molecule has 1 heterocycles. The van der Waals surface area contributed by atoms with E-state index in [0.29, 0.717) is 26.2 Å². The van der Waals surface area contributed by atoms with Crippen LogP contribution in [-0.2, 0) is 9.59 Å². The number of carbonyl (C=O) groups is 2. The van der Waals surface area contributed by atoms with Gasteiger partial charge in [-0.05, 0) is 36.8 Å². The van der Waals surface area contributed by atoms with E-state index in [4.69, 9.17) is 4.74 Å². The topological polar surface area (TPSA) is 61.9 Å². The summed E-state index contributed by atoms with van der Waals surface area (Å²) in [4.78, 5) is 28.5. The maximum absolute atomic E-state index is 13.8. The van der Waals surface area contributed by atoms with Gasteiger partial charge in [0, 0.05) is 39.0 Å². The summed E-state index contributed by atoms with van der Waals surface area (Å²) in [6.07, 6.45) is 0.132. The van der Waals surface area contributed by atoms with Gasteiger partial charge in [-0.15, -0.1) is 0 Å². The first-order valence-corrected chi connectivity index (χ1v) is 9.69. The molecule has 154 valence electrons. The zero-order valence-corrected chi connectivity index (χ0v) is 16.8. The van der Waals surface area contributed by atoms with Crippen molar-refractivity contribution < 1.29 is 18.7 Å². The molecule has 3 rings (SSSR count). The number of nitrogens with one attached hydrogen (secondary N) is 1. The average Bonchev–Trinajstić information content (AvgIpc) is 2.74. The van der Waals surface area contributed by atoms with Crippen molar-refractivity contribution in [2.24, 2.45) is 0 Å². The van der Waals surface area contributed by atoms with Crippen LogP contribution < -0.4 is 15.0 Å². The molecule has 1 aliphatic heterocycles. The molecule has 7 heteroatoms. The molecular weight excluding hydrogens is 373 g/mol. The molecule has 1 fully saturated rings. The molecular formula is C22H26FN3O3. The lowest BCUT2D eigenvalue weighted by Gasteiger charge is -2.36. The van der Waals surface area contributed by atoms with Crippen molar-refractivity contribution in [3.8, 4) is 5.75 Å². The standard InChI is InChI=1S/C22H26FN3O3/c1-16-7-8-18(17(23)15-16)24-21(27)9-10-22(28)26-13-11-25(12-14-26)19-5-3-4-6-20(19)29-2/h3-8,15H,9-14H2,1-2H3,(H,24,27). The van der Waals surface area contributed by atoms with Crippen LogP contribution in [0.3, 0.4) is 0 Å². The Morgan fingerprint density at radius 1 is 1.07 bits per heavy atom. The Morgan fingerprint density at radius 2 is 1.79 bits per heavy atom. The second kappa shape index (κ2) is 9.41. The fourth-order valence-corrected chi connectivity index (χ4v) is 3.40. The summed E-state index contributed by atoms with van der Waals surface area (Å²) in [5.41, 5.74) is 1.93. The van der Waals surface area contributed by atoms with Gasteiger partial charge in [-0.1, -0.05) is 18.2 Å². The number of aryl methyl sites for hydroxylation is 1. The second-order valence-corrected chi connectivity index (χ2v) is 7.07. The molecule has 0 spiro atoms. The van der Waals surface area contributed by atoms with E-state index in [2.05, 4.69) is 10.2 Å². The minimum atomic E-state index is -0.475. The normalized spacial score (nSPS) is 13.9. The molecule has 2 amide bonds. The van der Waals surface area contributed by atoms with Gasteiger partial charge < -0.3 is 19.9 Å². The number of anilines is 2. The number of carbonyl (C=O) groups excluding carboxylic acids is 2. The van der Waals surface area contributed by atoms with E-state index < -0.39 is 5.82 Å². The van der Waals surface area contributed by atoms with Crippen molar-refractivity contribution in [1.29, 1.82) is 0 Å². The molecule has 0 aromatic heterocycles. The maximum atomic E-state index is 13.8. The van der Waals surface area contributed by atoms with Crippen LogP contribution in [0, 0.1) is 12.7 Å². The summed E-state index contributed by atoms with van der Waals surface area (Å²) in [7, 11) is 1.64. The minimum Gasteiger partial charge on any atom is -0.495 e. The van der Waals surface area contributed by atoms with Crippen LogP contribution in [0.2, 0.25) is 0 Å². The fourth-order valence-electron chi connectivity index (χ4n) is 3.40. The van der Waals surface area contributed by atoms with E-state index in [1.807, 2.05) is 24.3 Å². The van der Waals surface area contributed by atoms with Crippen LogP contribution in [0.1, 0.15) is 18.4 Å². The molecule has 1 N–H and O–H groups in total. The predicted molar refractivity (Wildman–Crippen MR) is 111 cm³/mol. The maximum Gasteiger partial charge on any atom is 0.224 e. The van der Waals surface area contributed by atoms with Crippen LogP contribution >= 0.6 is 0 Å². The SMILES string of the molecule is COc1ccccc1N1CCN(C(=O)CCC(=O)Nc2ccc(C)cc2F)CC1. The van der Waals surface area contributed by atoms with Gasteiger partial charge in [0.15, 0.2) is 0 Å². The van der Waals surface area contributed by atoms with E-state index >= 15 is 0 Å². The molecule has 0 radical (unpaired) electrons. The predicted octanol–water partition coefficient (Wildman–Crippen LogP) is 3.21. The smallest absolute Gasteiger partial charge is 0.224 e. The van der Waals surface area contributed by atoms with E-state index in [9.17, 15) is 14.0 Å². The Kier molecular flexibility index (Phi) is 6.69. The van der Waals surface area contributed by atoms with Gasteiger partial charge in [-0.2, -0.15) is 0 Å². The number of benzene rings is 2. The summed E-state index contributed by atoms with van der Waals surface area (Å²) in [6.45, 7) is 4.36. The highest BCUT2D eigenvalue weighted by molar-refractivity contribution is 5.93. The Hall–Kier alpha value is -3.09. The number of para-hydroxylation sites is 2. The van der Waals surface area contributed by atoms with Crippen molar-refractivity contribution in [3.05, 3.63) is 53.8 Å². The van der Waals surface area contributed by atoms with Gasteiger partial charge in [-0.3, -0.25) is 9.59 Å². The van der Waals surface area contributed by atoms with Crippen LogP contribution in [0.15, 0.2) is 42.5 Å². The second-order valence-electron chi connectivity index (χ2n) is 7.07. The van der Waals surface area contributed by atoms with Gasteiger partial charge in [-0.25, -0.2) is 4.39 Å². The Balaban J connectivity index is 1.46. The largest absolute Gasteiger partial charge is 0.495 e. The first-order valence-electron chi connectivity index (χ1n) is 9.69. The first-order chi connectivity index (χ1) is 14.0. The molecule has 2 aromatic rings. The first kappa shape index (κ1) is 20.6.